The molecule has 4 saturated carbocycles. The Labute approximate surface area is 145 Å². The maximum atomic E-state index is 13.3. The Hall–Kier alpha value is -1.14. The molecule has 4 aliphatic rings. The van der Waals surface area contributed by atoms with Gasteiger partial charge in [-0.15, -0.1) is 0 Å². The number of carbonyl (C=O) groups is 1. The number of hydrogen-bond acceptors (Lipinski definition) is 3. The lowest BCUT2D eigenvalue weighted by atomic mass is 9.44. The molecule has 0 bridgehead atoms. The zero-order valence-electron chi connectivity index (χ0n) is 14.9. The zero-order valence-corrected chi connectivity index (χ0v) is 14.9. The highest BCUT2D eigenvalue weighted by Crippen LogP contribution is 2.66. The first kappa shape index (κ1) is 16.3. The molecule has 3 nitrogen and oxygen atoms in total. The molecule has 0 amide bonds. The number of ketones is 1. The number of allylic oxidation sites excluding steroid dienone is 2. The van der Waals surface area contributed by atoms with E-state index in [4.69, 9.17) is 5.26 Å². The first-order valence-corrected chi connectivity index (χ1v) is 9.70. The van der Waals surface area contributed by atoms with Crippen LogP contribution >= 0.6 is 0 Å². The first-order valence-electron chi connectivity index (χ1n) is 9.70. The summed E-state index contributed by atoms with van der Waals surface area (Å²) >= 11 is 0. The minimum absolute atomic E-state index is 0.0780. The first-order chi connectivity index (χ1) is 11.4. The van der Waals surface area contributed by atoms with E-state index in [0.717, 1.165) is 44.9 Å². The number of hydrogen-bond donors (Lipinski definition) is 1. The molecule has 130 valence electrons. The third-order valence-electron chi connectivity index (χ3n) is 8.41. The van der Waals surface area contributed by atoms with Crippen molar-refractivity contribution in [1.82, 2.24) is 0 Å². The fourth-order valence-electron chi connectivity index (χ4n) is 7.21. The fraction of sp³-hybridized carbons (Fsp3) is 0.810. The van der Waals surface area contributed by atoms with Crippen molar-refractivity contribution in [3.63, 3.8) is 0 Å². The Morgan fingerprint density at radius 3 is 2.79 bits per heavy atom. The van der Waals surface area contributed by atoms with Gasteiger partial charge in [0.25, 0.3) is 0 Å². The number of aliphatic hydroxyl groups is 1. The topological polar surface area (TPSA) is 61.1 Å². The molecule has 4 fully saturated rings. The van der Waals surface area contributed by atoms with E-state index in [0.29, 0.717) is 30.0 Å². The van der Waals surface area contributed by atoms with Crippen LogP contribution in [0.15, 0.2) is 11.6 Å². The van der Waals surface area contributed by atoms with Crippen LogP contribution in [0.25, 0.3) is 0 Å². The summed E-state index contributed by atoms with van der Waals surface area (Å²) in [6.07, 6.45) is 9.33. The van der Waals surface area contributed by atoms with Gasteiger partial charge in [-0.2, -0.15) is 5.26 Å². The Balaban J connectivity index is 1.70. The van der Waals surface area contributed by atoms with Gasteiger partial charge in [-0.1, -0.05) is 19.4 Å². The van der Waals surface area contributed by atoms with Crippen molar-refractivity contribution in [2.45, 2.75) is 71.3 Å². The van der Waals surface area contributed by atoms with Crippen LogP contribution in [0.1, 0.15) is 65.2 Å². The van der Waals surface area contributed by atoms with E-state index in [1.54, 1.807) is 6.08 Å². The van der Waals surface area contributed by atoms with Crippen molar-refractivity contribution in [1.29, 1.82) is 5.26 Å². The van der Waals surface area contributed by atoms with Crippen LogP contribution in [-0.4, -0.2) is 17.0 Å². The molecule has 0 aliphatic heterocycles. The molecule has 1 N–H and O–H groups in total. The van der Waals surface area contributed by atoms with Crippen LogP contribution in [0.4, 0.5) is 0 Å². The van der Waals surface area contributed by atoms with Crippen molar-refractivity contribution in [3.8, 4) is 6.07 Å². The Morgan fingerprint density at radius 2 is 2.04 bits per heavy atom. The highest BCUT2D eigenvalue weighted by molar-refractivity contribution is 5.85. The number of Topliss-reactive ketones (excluding diaryl/α,β-unsaturated/α-hetero) is 1. The molecule has 0 aromatic heterocycles. The third kappa shape index (κ3) is 2.08. The third-order valence-corrected chi connectivity index (χ3v) is 8.41. The van der Waals surface area contributed by atoms with Gasteiger partial charge in [0.05, 0.1) is 12.2 Å². The van der Waals surface area contributed by atoms with Crippen LogP contribution < -0.4 is 0 Å². The maximum Gasteiger partial charge on any atom is 0.137 e. The molecule has 0 aromatic carbocycles. The van der Waals surface area contributed by atoms with Gasteiger partial charge < -0.3 is 5.11 Å². The minimum Gasteiger partial charge on any atom is -0.393 e. The predicted molar refractivity (Wildman–Crippen MR) is 91.8 cm³/mol. The second-order valence-corrected chi connectivity index (χ2v) is 9.35. The summed E-state index contributed by atoms with van der Waals surface area (Å²) in [7, 11) is 0. The van der Waals surface area contributed by atoms with Crippen molar-refractivity contribution in [3.05, 3.63) is 11.6 Å². The summed E-state index contributed by atoms with van der Waals surface area (Å²) < 4.78 is 0. The molecule has 0 aromatic rings. The largest absolute Gasteiger partial charge is 0.393 e. The van der Waals surface area contributed by atoms with Crippen LogP contribution in [0.2, 0.25) is 0 Å². The van der Waals surface area contributed by atoms with E-state index in [-0.39, 0.29) is 22.9 Å². The summed E-state index contributed by atoms with van der Waals surface area (Å²) in [6, 6.07) is 2.21. The number of fused-ring (bicyclic) bond motifs is 5. The summed E-state index contributed by atoms with van der Waals surface area (Å²) in [6.45, 7) is 4.57. The van der Waals surface area contributed by atoms with E-state index in [1.807, 2.05) is 0 Å². The molecule has 24 heavy (non-hydrogen) atoms. The van der Waals surface area contributed by atoms with Crippen molar-refractivity contribution in [2.75, 3.05) is 0 Å². The number of nitriles is 1. The summed E-state index contributed by atoms with van der Waals surface area (Å²) in [5, 5.41) is 19.2. The van der Waals surface area contributed by atoms with Gasteiger partial charge in [-0.25, -0.2) is 0 Å². The van der Waals surface area contributed by atoms with E-state index in [2.05, 4.69) is 19.9 Å². The molecule has 0 radical (unpaired) electrons. The van der Waals surface area contributed by atoms with Crippen LogP contribution in [0.3, 0.4) is 0 Å². The zero-order chi connectivity index (χ0) is 17.1. The second kappa shape index (κ2) is 5.43. The summed E-state index contributed by atoms with van der Waals surface area (Å²) in [5.41, 5.74) is 1.22. The lowest BCUT2D eigenvalue weighted by molar-refractivity contribution is -0.157. The maximum absolute atomic E-state index is 13.3. The van der Waals surface area contributed by atoms with Gasteiger partial charge in [0.1, 0.15) is 5.78 Å². The number of aliphatic hydroxyl groups excluding tert-OH is 1. The van der Waals surface area contributed by atoms with Crippen LogP contribution in [0, 0.1) is 45.8 Å². The Bertz CT molecular complexity index is 632. The van der Waals surface area contributed by atoms with Crippen LogP contribution in [-0.2, 0) is 4.79 Å². The molecule has 4 aliphatic carbocycles. The van der Waals surface area contributed by atoms with Crippen molar-refractivity contribution >= 4 is 5.78 Å². The summed E-state index contributed by atoms with van der Waals surface area (Å²) in [4.78, 5) is 13.3. The van der Waals surface area contributed by atoms with E-state index in [9.17, 15) is 9.90 Å². The van der Waals surface area contributed by atoms with Gasteiger partial charge in [-0.3, -0.25) is 4.79 Å². The molecule has 0 unspecified atom stereocenters. The number of carbonyl (C=O) groups excluding carboxylic acids is 1. The average Bonchev–Trinajstić information content (AvgIpc) is 2.84. The van der Waals surface area contributed by atoms with Gasteiger partial charge >= 0.3 is 0 Å². The standard InChI is InChI=1S/C21H29NO2/c1-20-9-7-15(23)11-14(20)3-5-16-17-6-4-13(8-10-22)21(17,2)12-18(24)19(16)20/h8,14-17,19,23H,3-7,9,11-12H2,1-2H3/b13-8-/t14-,15+,16+,17+,19-,20+,21-/m1/s1. The molecule has 7 atom stereocenters. The smallest absolute Gasteiger partial charge is 0.137 e. The SMILES string of the molecule is C[C@]12CC[C@H](O)C[C@H]1CC[C@@H]1[C@@H]2C(=O)C[C@]2(C)/C(=C\C#N)CC[C@@H]12. The van der Waals surface area contributed by atoms with Gasteiger partial charge in [0.15, 0.2) is 0 Å². The highest BCUT2D eigenvalue weighted by atomic mass is 16.3. The number of rotatable bonds is 0. The van der Waals surface area contributed by atoms with Crippen molar-refractivity contribution < 1.29 is 9.90 Å². The summed E-state index contributed by atoms with van der Waals surface area (Å²) in [5.74, 6) is 2.17. The van der Waals surface area contributed by atoms with Gasteiger partial charge in [0, 0.05) is 18.4 Å². The van der Waals surface area contributed by atoms with E-state index in [1.165, 1.54) is 5.57 Å². The van der Waals surface area contributed by atoms with E-state index >= 15 is 0 Å². The lowest BCUT2D eigenvalue weighted by Gasteiger charge is -2.59. The molecule has 0 saturated heterocycles. The molecular formula is C21H29NO2. The molecule has 0 heterocycles. The second-order valence-electron chi connectivity index (χ2n) is 9.35. The average molecular weight is 327 g/mol. The normalized spacial score (nSPS) is 52.3. The molecule has 3 heteroatoms. The highest BCUT2D eigenvalue weighted by Gasteiger charge is 2.62. The monoisotopic (exact) mass is 327 g/mol. The van der Waals surface area contributed by atoms with E-state index < -0.39 is 0 Å². The minimum atomic E-state index is -0.166. The molecule has 0 spiro atoms. The molecular weight excluding hydrogens is 298 g/mol. The Morgan fingerprint density at radius 1 is 1.25 bits per heavy atom. The lowest BCUT2D eigenvalue weighted by Crippen LogP contribution is -2.57. The number of nitrogens with zero attached hydrogens (tertiary/aromatic N) is 1. The van der Waals surface area contributed by atoms with Gasteiger partial charge in [0.2, 0.25) is 0 Å². The predicted octanol–water partition coefficient (Wildman–Crippen LogP) is 4.02. The fourth-order valence-corrected chi connectivity index (χ4v) is 7.21. The van der Waals surface area contributed by atoms with Crippen LogP contribution in [0.5, 0.6) is 0 Å². The molecule has 4 rings (SSSR count). The van der Waals surface area contributed by atoms with Gasteiger partial charge in [-0.05, 0) is 73.5 Å². The quantitative estimate of drug-likeness (QED) is 0.684. The Kier molecular flexibility index (Phi) is 3.69. The van der Waals surface area contributed by atoms with Crippen molar-refractivity contribution in [2.24, 2.45) is 34.5 Å².